The number of nitrogens with one attached hydrogen (secondary N) is 3. The lowest BCUT2D eigenvalue weighted by Gasteiger charge is -2.13. The molecule has 2 heterocycles. The minimum atomic E-state index is -4.33. The number of pyridine rings is 1. The van der Waals surface area contributed by atoms with Crippen molar-refractivity contribution in [3.63, 3.8) is 0 Å². The molecule has 0 amide bonds. The number of aromatic nitrogens is 3. The molecule has 0 radical (unpaired) electrons. The first kappa shape index (κ1) is 25.1. The monoisotopic (exact) mass is 508 g/mol. The molecule has 4 N–H and O–H groups in total. The van der Waals surface area contributed by atoms with E-state index >= 15 is 0 Å². The van der Waals surface area contributed by atoms with Crippen molar-refractivity contribution in [1.82, 2.24) is 15.0 Å². The fourth-order valence-corrected chi connectivity index (χ4v) is 4.10. The van der Waals surface area contributed by atoms with E-state index in [0.29, 0.717) is 0 Å². The summed E-state index contributed by atoms with van der Waals surface area (Å²) in [5, 5.41) is 14.6. The van der Waals surface area contributed by atoms with Crippen molar-refractivity contribution in [1.29, 1.82) is 0 Å². The number of nitrogens with zero attached hydrogens (tertiary/aromatic N) is 3. The Morgan fingerprint density at radius 1 is 1.15 bits per heavy atom. The van der Waals surface area contributed by atoms with Crippen molar-refractivity contribution in [2.75, 3.05) is 29.0 Å². The molecule has 0 spiro atoms. The van der Waals surface area contributed by atoms with Gasteiger partial charge >= 0.3 is 0 Å². The smallest absolute Gasteiger partial charge is 0.265 e. The first-order valence-corrected chi connectivity index (χ1v) is 11.6. The Hall–Kier alpha value is -3.53. The van der Waals surface area contributed by atoms with E-state index in [9.17, 15) is 17.2 Å². The van der Waals surface area contributed by atoms with Gasteiger partial charge in [0.25, 0.3) is 10.0 Å². The van der Waals surface area contributed by atoms with Gasteiger partial charge in [-0.2, -0.15) is 0 Å². The summed E-state index contributed by atoms with van der Waals surface area (Å²) in [5.41, 5.74) is -0.897. The highest BCUT2D eigenvalue weighted by Gasteiger charge is 2.23. The Morgan fingerprint density at radius 3 is 2.50 bits per heavy atom. The van der Waals surface area contributed by atoms with Gasteiger partial charge in [0, 0.05) is 31.7 Å². The van der Waals surface area contributed by atoms with Crippen molar-refractivity contribution in [2.45, 2.75) is 17.9 Å². The summed E-state index contributed by atoms with van der Waals surface area (Å²) in [6.07, 6.45) is 3.92. The predicted molar refractivity (Wildman–Crippen MR) is 124 cm³/mol. The number of halogens is 3. The van der Waals surface area contributed by atoms with E-state index in [1.165, 1.54) is 25.6 Å². The van der Waals surface area contributed by atoms with Crippen LogP contribution in [-0.2, 0) is 10.0 Å². The van der Waals surface area contributed by atoms with E-state index in [1.54, 1.807) is 6.92 Å². The molecular formula is C21H19ClF2N6O3S. The van der Waals surface area contributed by atoms with Crippen LogP contribution in [0.3, 0.4) is 0 Å². The van der Waals surface area contributed by atoms with Gasteiger partial charge in [-0.05, 0) is 25.1 Å². The Morgan fingerprint density at radius 2 is 1.85 bits per heavy atom. The summed E-state index contributed by atoms with van der Waals surface area (Å²) in [4.78, 5) is 11.6. The summed E-state index contributed by atoms with van der Waals surface area (Å²) in [6, 6.07) is 2.71. The second kappa shape index (κ2) is 10.6. The summed E-state index contributed by atoms with van der Waals surface area (Å²) in [5.74, 6) is 2.94. The molecule has 2 aromatic heterocycles. The van der Waals surface area contributed by atoms with Crippen LogP contribution < -0.4 is 15.4 Å². The Bertz CT molecular complexity index is 1360. The topological polar surface area (TPSA) is 129 Å². The predicted octanol–water partition coefficient (Wildman–Crippen LogP) is 2.84. The summed E-state index contributed by atoms with van der Waals surface area (Å²) in [7, 11) is -2.87. The maximum atomic E-state index is 15.0. The van der Waals surface area contributed by atoms with Crippen LogP contribution in [0.4, 0.5) is 26.2 Å². The second-order valence-electron chi connectivity index (χ2n) is 6.91. The fourth-order valence-electron chi connectivity index (χ4n) is 2.63. The third kappa shape index (κ3) is 5.88. The van der Waals surface area contributed by atoms with Crippen LogP contribution in [0.25, 0.3) is 0 Å². The maximum Gasteiger partial charge on any atom is 0.265 e. The van der Waals surface area contributed by atoms with Gasteiger partial charge in [-0.1, -0.05) is 23.4 Å². The summed E-state index contributed by atoms with van der Waals surface area (Å²) >= 11 is 5.85. The largest absolute Gasteiger partial charge is 0.394 e. The van der Waals surface area contributed by atoms with Gasteiger partial charge in [0.2, 0.25) is 5.95 Å². The minimum Gasteiger partial charge on any atom is -0.394 e. The van der Waals surface area contributed by atoms with Gasteiger partial charge in [0.05, 0.1) is 28.4 Å². The standard InChI is InChI=1S/C21H19ClF2N6O3S/c1-12(11-31)29-21-27-8-13(9-28-21)3-4-15-16(23)5-6-17(19(15)24)30-34(32,33)18-7-14(22)10-26-20(18)25-2/h5-10,12,30-31H,11H2,1-2H3,(H,25,26)(H,27,28,29). The van der Waals surface area contributed by atoms with E-state index in [-0.39, 0.29) is 39.9 Å². The molecule has 0 aliphatic heterocycles. The lowest BCUT2D eigenvalue weighted by Crippen LogP contribution is -2.20. The van der Waals surface area contributed by atoms with Crippen LogP contribution in [-0.4, -0.2) is 48.2 Å². The average Bonchev–Trinajstić information content (AvgIpc) is 2.81. The Balaban J connectivity index is 1.90. The number of sulfonamides is 1. The number of anilines is 3. The highest BCUT2D eigenvalue weighted by atomic mass is 35.5. The molecule has 0 saturated carbocycles. The number of hydrogen-bond acceptors (Lipinski definition) is 8. The van der Waals surface area contributed by atoms with Crippen LogP contribution >= 0.6 is 11.6 Å². The molecule has 0 aliphatic carbocycles. The normalized spacial score (nSPS) is 11.8. The Labute approximate surface area is 199 Å². The van der Waals surface area contributed by atoms with E-state index in [2.05, 4.69) is 42.1 Å². The molecule has 3 aromatic rings. The first-order chi connectivity index (χ1) is 16.1. The van der Waals surface area contributed by atoms with Crippen molar-refractivity contribution < 1.29 is 22.3 Å². The van der Waals surface area contributed by atoms with Gasteiger partial charge in [0.15, 0.2) is 5.82 Å². The number of benzene rings is 1. The molecule has 0 fully saturated rings. The number of aliphatic hydroxyl groups excluding tert-OH is 1. The van der Waals surface area contributed by atoms with Crippen LogP contribution in [0, 0.1) is 23.5 Å². The molecule has 9 nitrogen and oxygen atoms in total. The van der Waals surface area contributed by atoms with Crippen LogP contribution in [0.5, 0.6) is 0 Å². The van der Waals surface area contributed by atoms with Crippen molar-refractivity contribution in [3.8, 4) is 11.8 Å². The van der Waals surface area contributed by atoms with E-state index in [1.807, 2.05) is 0 Å². The summed E-state index contributed by atoms with van der Waals surface area (Å²) in [6.45, 7) is 1.61. The molecule has 1 atom stereocenters. The second-order valence-corrected chi connectivity index (χ2v) is 9.00. The molecule has 34 heavy (non-hydrogen) atoms. The molecule has 0 bridgehead atoms. The minimum absolute atomic E-state index is 0.00856. The zero-order valence-electron chi connectivity index (χ0n) is 17.9. The quantitative estimate of drug-likeness (QED) is 0.359. The highest BCUT2D eigenvalue weighted by Crippen LogP contribution is 2.27. The zero-order chi connectivity index (χ0) is 24.9. The molecular weight excluding hydrogens is 490 g/mol. The van der Waals surface area contributed by atoms with E-state index < -0.39 is 32.9 Å². The molecule has 178 valence electrons. The number of hydrogen-bond donors (Lipinski definition) is 4. The molecule has 1 unspecified atom stereocenters. The highest BCUT2D eigenvalue weighted by molar-refractivity contribution is 7.92. The molecule has 0 saturated heterocycles. The molecule has 3 rings (SSSR count). The van der Waals surface area contributed by atoms with E-state index in [0.717, 1.165) is 18.2 Å². The lowest BCUT2D eigenvalue weighted by molar-refractivity contribution is 0.281. The molecule has 0 aliphatic rings. The third-order valence-corrected chi connectivity index (χ3v) is 5.90. The van der Waals surface area contributed by atoms with Crippen LogP contribution in [0.1, 0.15) is 18.1 Å². The van der Waals surface area contributed by atoms with Crippen molar-refractivity contribution in [3.05, 3.63) is 64.6 Å². The SMILES string of the molecule is CNc1ncc(Cl)cc1S(=O)(=O)Nc1ccc(F)c(C#Cc2cnc(NC(C)CO)nc2)c1F. The van der Waals surface area contributed by atoms with Crippen LogP contribution in [0.15, 0.2) is 41.7 Å². The maximum absolute atomic E-state index is 15.0. The van der Waals surface area contributed by atoms with Gasteiger partial charge in [-0.15, -0.1) is 0 Å². The summed E-state index contributed by atoms with van der Waals surface area (Å²) < 4.78 is 57.0. The number of aliphatic hydroxyl groups is 1. The van der Waals surface area contributed by atoms with Crippen LogP contribution in [0.2, 0.25) is 5.02 Å². The van der Waals surface area contributed by atoms with Gasteiger partial charge in [-0.25, -0.2) is 32.2 Å². The zero-order valence-corrected chi connectivity index (χ0v) is 19.5. The molecule has 13 heteroatoms. The number of rotatable bonds is 7. The van der Waals surface area contributed by atoms with Crippen molar-refractivity contribution >= 4 is 39.1 Å². The van der Waals surface area contributed by atoms with Gasteiger partial charge < -0.3 is 15.7 Å². The van der Waals surface area contributed by atoms with E-state index in [4.69, 9.17) is 16.7 Å². The third-order valence-electron chi connectivity index (χ3n) is 4.31. The van der Waals surface area contributed by atoms with Gasteiger partial charge in [0.1, 0.15) is 16.5 Å². The Kier molecular flexibility index (Phi) is 7.83. The van der Waals surface area contributed by atoms with Crippen molar-refractivity contribution in [2.24, 2.45) is 0 Å². The average molecular weight is 509 g/mol. The fraction of sp³-hybridized carbons (Fsp3) is 0.190. The lowest BCUT2D eigenvalue weighted by atomic mass is 10.1. The first-order valence-electron chi connectivity index (χ1n) is 9.70. The molecule has 1 aromatic carbocycles. The van der Waals surface area contributed by atoms with Gasteiger partial charge in [-0.3, -0.25) is 4.72 Å².